The van der Waals surface area contributed by atoms with Crippen LogP contribution >= 0.6 is 24.0 Å². The highest BCUT2D eigenvalue weighted by Crippen LogP contribution is 2.36. The van der Waals surface area contributed by atoms with Crippen LogP contribution in [0, 0.1) is 11.8 Å². The SMILES string of the molecule is COc1ccc(Cl)c(CN2CC3CCCC(N)C3C2)c1.Cl. The minimum atomic E-state index is 0. The Hall–Kier alpha value is -0.480. The third kappa shape index (κ3) is 3.65. The van der Waals surface area contributed by atoms with Gasteiger partial charge in [-0.25, -0.2) is 0 Å². The zero-order valence-electron chi connectivity index (χ0n) is 12.4. The van der Waals surface area contributed by atoms with E-state index in [1.54, 1.807) is 7.11 Å². The van der Waals surface area contributed by atoms with Gasteiger partial charge in [0.25, 0.3) is 0 Å². The van der Waals surface area contributed by atoms with Crippen LogP contribution in [0.3, 0.4) is 0 Å². The zero-order valence-corrected chi connectivity index (χ0v) is 14.0. The Bertz CT molecular complexity index is 483. The van der Waals surface area contributed by atoms with Gasteiger partial charge in [0, 0.05) is 30.7 Å². The molecule has 0 radical (unpaired) electrons. The summed E-state index contributed by atoms with van der Waals surface area (Å²) >= 11 is 6.31. The van der Waals surface area contributed by atoms with E-state index in [1.165, 1.54) is 19.3 Å². The second-order valence-electron chi connectivity index (χ2n) is 6.17. The summed E-state index contributed by atoms with van der Waals surface area (Å²) < 4.78 is 5.29. The van der Waals surface area contributed by atoms with Crippen LogP contribution in [0.2, 0.25) is 5.02 Å². The quantitative estimate of drug-likeness (QED) is 0.923. The Morgan fingerprint density at radius 1 is 1.33 bits per heavy atom. The van der Waals surface area contributed by atoms with Crippen molar-refractivity contribution in [2.24, 2.45) is 17.6 Å². The van der Waals surface area contributed by atoms with Crippen LogP contribution in [0.1, 0.15) is 24.8 Å². The van der Waals surface area contributed by atoms with E-state index in [0.29, 0.717) is 12.0 Å². The van der Waals surface area contributed by atoms with Crippen LogP contribution in [0.15, 0.2) is 18.2 Å². The normalized spacial score (nSPS) is 28.8. The van der Waals surface area contributed by atoms with Gasteiger partial charge in [-0.3, -0.25) is 4.90 Å². The molecule has 21 heavy (non-hydrogen) atoms. The minimum absolute atomic E-state index is 0. The molecule has 1 aliphatic carbocycles. The first-order valence-electron chi connectivity index (χ1n) is 7.47. The number of hydrogen-bond donors (Lipinski definition) is 1. The molecule has 0 amide bonds. The van der Waals surface area contributed by atoms with Crippen LogP contribution in [0.4, 0.5) is 0 Å². The zero-order chi connectivity index (χ0) is 14.1. The molecule has 3 rings (SSSR count). The molecule has 3 unspecified atom stereocenters. The van der Waals surface area contributed by atoms with Crippen LogP contribution in [-0.4, -0.2) is 31.1 Å². The molecule has 3 nitrogen and oxygen atoms in total. The van der Waals surface area contributed by atoms with E-state index in [4.69, 9.17) is 22.1 Å². The predicted octanol–water partition coefficient (Wildman–Crippen LogP) is 3.33. The van der Waals surface area contributed by atoms with Gasteiger partial charge in [0.05, 0.1) is 7.11 Å². The first kappa shape index (κ1) is 16.9. The van der Waals surface area contributed by atoms with Crippen molar-refractivity contribution >= 4 is 24.0 Å². The van der Waals surface area contributed by atoms with Gasteiger partial charge < -0.3 is 10.5 Å². The standard InChI is InChI=1S/C16H23ClN2O.ClH/c1-20-13-5-6-15(17)12(7-13)9-19-8-11-3-2-4-16(18)14(11)10-19;/h5-7,11,14,16H,2-4,8-10,18H2,1H3;1H. The van der Waals surface area contributed by atoms with Crippen LogP contribution in [-0.2, 0) is 6.54 Å². The molecule has 2 fully saturated rings. The summed E-state index contributed by atoms with van der Waals surface area (Å²) in [5.41, 5.74) is 7.43. The molecule has 1 heterocycles. The van der Waals surface area contributed by atoms with Gasteiger partial charge in [-0.05, 0) is 48.4 Å². The molecule has 0 spiro atoms. The predicted molar refractivity (Wildman–Crippen MR) is 89.3 cm³/mol. The molecule has 1 saturated heterocycles. The van der Waals surface area contributed by atoms with Crippen molar-refractivity contribution in [3.05, 3.63) is 28.8 Å². The fourth-order valence-corrected chi connectivity index (χ4v) is 3.96. The maximum Gasteiger partial charge on any atom is 0.119 e. The van der Waals surface area contributed by atoms with Crippen molar-refractivity contribution in [3.8, 4) is 5.75 Å². The van der Waals surface area contributed by atoms with Gasteiger partial charge in [-0.2, -0.15) is 0 Å². The topological polar surface area (TPSA) is 38.5 Å². The number of rotatable bonds is 3. The number of likely N-dealkylation sites (tertiary alicyclic amines) is 1. The fraction of sp³-hybridized carbons (Fsp3) is 0.625. The summed E-state index contributed by atoms with van der Waals surface area (Å²) in [6.45, 7) is 3.17. The molecule has 2 aliphatic rings. The molecule has 5 heteroatoms. The number of benzene rings is 1. The summed E-state index contributed by atoms with van der Waals surface area (Å²) in [6.07, 6.45) is 3.81. The molecule has 0 aromatic heterocycles. The van der Waals surface area contributed by atoms with Gasteiger partial charge in [-0.1, -0.05) is 18.0 Å². The van der Waals surface area contributed by atoms with E-state index in [9.17, 15) is 0 Å². The van der Waals surface area contributed by atoms with Gasteiger partial charge >= 0.3 is 0 Å². The molecule has 1 saturated carbocycles. The summed E-state index contributed by atoms with van der Waals surface area (Å²) in [4.78, 5) is 2.50. The lowest BCUT2D eigenvalue weighted by Crippen LogP contribution is -2.38. The molecule has 2 N–H and O–H groups in total. The van der Waals surface area contributed by atoms with E-state index in [0.717, 1.165) is 41.9 Å². The summed E-state index contributed by atoms with van der Waals surface area (Å²) in [6, 6.07) is 6.26. The Morgan fingerprint density at radius 3 is 2.86 bits per heavy atom. The highest BCUT2D eigenvalue weighted by atomic mass is 35.5. The van der Waals surface area contributed by atoms with Gasteiger partial charge in [0.2, 0.25) is 0 Å². The first-order chi connectivity index (χ1) is 9.67. The lowest BCUT2D eigenvalue weighted by molar-refractivity contribution is 0.259. The van der Waals surface area contributed by atoms with Crippen molar-refractivity contribution in [3.63, 3.8) is 0 Å². The van der Waals surface area contributed by atoms with Crippen LogP contribution in [0.25, 0.3) is 0 Å². The molecule has 1 aliphatic heterocycles. The number of methoxy groups -OCH3 is 1. The number of nitrogens with zero attached hydrogens (tertiary/aromatic N) is 1. The van der Waals surface area contributed by atoms with Crippen molar-refractivity contribution in [1.82, 2.24) is 4.90 Å². The highest BCUT2D eigenvalue weighted by Gasteiger charge is 2.38. The van der Waals surface area contributed by atoms with Crippen molar-refractivity contribution in [1.29, 1.82) is 0 Å². The number of fused-ring (bicyclic) bond motifs is 1. The Kier molecular flexibility index (Phi) is 5.78. The van der Waals surface area contributed by atoms with E-state index in [2.05, 4.69) is 4.90 Å². The van der Waals surface area contributed by atoms with E-state index >= 15 is 0 Å². The lowest BCUT2D eigenvalue weighted by Gasteiger charge is -2.29. The second-order valence-corrected chi connectivity index (χ2v) is 6.58. The average molecular weight is 331 g/mol. The van der Waals surface area contributed by atoms with Crippen molar-refractivity contribution in [2.75, 3.05) is 20.2 Å². The van der Waals surface area contributed by atoms with Gasteiger partial charge in [0.1, 0.15) is 5.75 Å². The van der Waals surface area contributed by atoms with Crippen molar-refractivity contribution in [2.45, 2.75) is 31.8 Å². The maximum absolute atomic E-state index is 6.31. The minimum Gasteiger partial charge on any atom is -0.497 e. The smallest absolute Gasteiger partial charge is 0.119 e. The Morgan fingerprint density at radius 2 is 2.14 bits per heavy atom. The highest BCUT2D eigenvalue weighted by molar-refractivity contribution is 6.31. The summed E-state index contributed by atoms with van der Waals surface area (Å²) in [7, 11) is 1.69. The number of nitrogens with two attached hydrogens (primary N) is 1. The van der Waals surface area contributed by atoms with Crippen LogP contribution in [0.5, 0.6) is 5.75 Å². The van der Waals surface area contributed by atoms with Crippen molar-refractivity contribution < 1.29 is 4.74 Å². The molecular formula is C16H24Cl2N2O. The summed E-state index contributed by atoms with van der Waals surface area (Å²) in [5.74, 6) is 2.33. The largest absolute Gasteiger partial charge is 0.497 e. The number of halogens is 2. The monoisotopic (exact) mass is 330 g/mol. The second kappa shape index (κ2) is 7.19. The Balaban J connectivity index is 0.00000161. The summed E-state index contributed by atoms with van der Waals surface area (Å²) in [5, 5.41) is 0.824. The molecule has 3 atom stereocenters. The van der Waals surface area contributed by atoms with E-state index < -0.39 is 0 Å². The third-order valence-electron chi connectivity index (χ3n) is 4.88. The number of hydrogen-bond acceptors (Lipinski definition) is 3. The Labute approximate surface area is 138 Å². The fourth-order valence-electron chi connectivity index (χ4n) is 3.78. The lowest BCUT2D eigenvalue weighted by atomic mass is 9.78. The molecular weight excluding hydrogens is 307 g/mol. The molecule has 0 bridgehead atoms. The maximum atomic E-state index is 6.31. The van der Waals surface area contributed by atoms with Gasteiger partial charge in [0.15, 0.2) is 0 Å². The van der Waals surface area contributed by atoms with E-state index in [-0.39, 0.29) is 12.4 Å². The van der Waals surface area contributed by atoms with Gasteiger partial charge in [-0.15, -0.1) is 12.4 Å². The first-order valence-corrected chi connectivity index (χ1v) is 7.85. The molecule has 1 aromatic carbocycles. The number of ether oxygens (including phenoxy) is 1. The third-order valence-corrected chi connectivity index (χ3v) is 5.25. The van der Waals surface area contributed by atoms with E-state index in [1.807, 2.05) is 18.2 Å². The molecule has 1 aromatic rings. The van der Waals surface area contributed by atoms with Crippen LogP contribution < -0.4 is 10.5 Å². The average Bonchev–Trinajstić information content (AvgIpc) is 2.85. The molecule has 118 valence electrons.